The van der Waals surface area contributed by atoms with E-state index >= 15 is 0 Å². The Morgan fingerprint density at radius 3 is 2.78 bits per heavy atom. The number of nitrogens with zero attached hydrogens (tertiary/aromatic N) is 2. The van der Waals surface area contributed by atoms with Crippen LogP contribution in [0.4, 0.5) is 0 Å². The maximum absolute atomic E-state index is 12.4. The molecule has 1 N–H and O–H groups in total. The van der Waals surface area contributed by atoms with Gasteiger partial charge in [-0.25, -0.2) is 4.98 Å². The Kier molecular flexibility index (Phi) is 4.60. The van der Waals surface area contributed by atoms with Crippen molar-refractivity contribution in [2.45, 2.75) is 12.6 Å². The summed E-state index contributed by atoms with van der Waals surface area (Å²) < 4.78 is 6.84. The quantitative estimate of drug-likeness (QED) is 0.780. The molecule has 0 saturated heterocycles. The standard InChI is InChI=1S/C17H15ClN2O3/c18-12-6-7-16-15(8-12)17(22)20(11-19-16)9-13(21)10-23-14-4-2-1-3-5-14/h1-8,11,13,21H,9-10H2. The van der Waals surface area contributed by atoms with Gasteiger partial charge in [-0.3, -0.25) is 9.36 Å². The van der Waals surface area contributed by atoms with Crippen LogP contribution in [0.5, 0.6) is 5.75 Å². The zero-order valence-electron chi connectivity index (χ0n) is 12.2. The molecule has 0 radical (unpaired) electrons. The predicted octanol–water partition coefficient (Wildman–Crippen LogP) is 2.49. The minimum atomic E-state index is -0.827. The molecule has 1 unspecified atom stereocenters. The number of benzene rings is 2. The molecule has 3 aromatic rings. The third kappa shape index (κ3) is 3.70. The Bertz CT molecular complexity index is 865. The van der Waals surface area contributed by atoms with Crippen LogP contribution in [-0.4, -0.2) is 27.4 Å². The molecule has 23 heavy (non-hydrogen) atoms. The highest BCUT2D eigenvalue weighted by Gasteiger charge is 2.10. The molecule has 0 bridgehead atoms. The van der Waals surface area contributed by atoms with Gasteiger partial charge in [0.05, 0.1) is 23.8 Å². The van der Waals surface area contributed by atoms with Gasteiger partial charge in [0, 0.05) is 5.02 Å². The number of aliphatic hydroxyl groups excluding tert-OH is 1. The summed E-state index contributed by atoms with van der Waals surface area (Å²) in [5.74, 6) is 0.669. The minimum Gasteiger partial charge on any atom is -0.491 e. The lowest BCUT2D eigenvalue weighted by Gasteiger charge is -2.14. The van der Waals surface area contributed by atoms with Crippen molar-refractivity contribution in [3.8, 4) is 5.75 Å². The second kappa shape index (κ2) is 6.81. The third-order valence-electron chi connectivity index (χ3n) is 3.38. The summed E-state index contributed by atoms with van der Waals surface area (Å²) in [4.78, 5) is 16.6. The van der Waals surface area contributed by atoms with Crippen LogP contribution in [0, 0.1) is 0 Å². The summed E-state index contributed by atoms with van der Waals surface area (Å²) in [5.41, 5.74) is 0.335. The van der Waals surface area contributed by atoms with Gasteiger partial charge in [0.15, 0.2) is 0 Å². The van der Waals surface area contributed by atoms with Crippen molar-refractivity contribution in [1.29, 1.82) is 0 Å². The lowest BCUT2D eigenvalue weighted by atomic mass is 10.2. The average Bonchev–Trinajstić information content (AvgIpc) is 2.57. The van der Waals surface area contributed by atoms with Crippen LogP contribution in [0.15, 0.2) is 59.7 Å². The zero-order chi connectivity index (χ0) is 16.2. The zero-order valence-corrected chi connectivity index (χ0v) is 13.0. The van der Waals surface area contributed by atoms with Gasteiger partial charge in [0.1, 0.15) is 18.5 Å². The highest BCUT2D eigenvalue weighted by atomic mass is 35.5. The van der Waals surface area contributed by atoms with E-state index in [1.165, 1.54) is 10.9 Å². The van der Waals surface area contributed by atoms with Crippen LogP contribution in [0.2, 0.25) is 5.02 Å². The number of para-hydroxylation sites is 1. The van der Waals surface area contributed by atoms with E-state index in [1.807, 2.05) is 18.2 Å². The Morgan fingerprint density at radius 2 is 2.00 bits per heavy atom. The summed E-state index contributed by atoms with van der Waals surface area (Å²) in [6.45, 7) is 0.186. The van der Waals surface area contributed by atoms with Crippen LogP contribution < -0.4 is 10.3 Å². The highest BCUT2D eigenvalue weighted by Crippen LogP contribution is 2.14. The molecule has 0 saturated carbocycles. The second-order valence-corrected chi connectivity index (χ2v) is 5.58. The van der Waals surface area contributed by atoms with Crippen LogP contribution in [0.1, 0.15) is 0 Å². The molecule has 5 nitrogen and oxygen atoms in total. The second-order valence-electron chi connectivity index (χ2n) is 5.14. The normalized spacial score (nSPS) is 12.3. The Hall–Kier alpha value is -2.37. The van der Waals surface area contributed by atoms with Crippen molar-refractivity contribution < 1.29 is 9.84 Å². The number of fused-ring (bicyclic) bond motifs is 1. The van der Waals surface area contributed by atoms with Gasteiger partial charge >= 0.3 is 0 Å². The van der Waals surface area contributed by atoms with E-state index in [4.69, 9.17) is 16.3 Å². The van der Waals surface area contributed by atoms with Crippen molar-refractivity contribution in [3.05, 3.63) is 70.2 Å². The number of rotatable bonds is 5. The van der Waals surface area contributed by atoms with Crippen LogP contribution >= 0.6 is 11.6 Å². The summed E-state index contributed by atoms with van der Waals surface area (Å²) in [7, 11) is 0. The number of halogens is 1. The van der Waals surface area contributed by atoms with Gasteiger partial charge in [0.25, 0.3) is 5.56 Å². The van der Waals surface area contributed by atoms with Gasteiger partial charge < -0.3 is 9.84 Å². The molecule has 0 aliphatic carbocycles. The maximum Gasteiger partial charge on any atom is 0.261 e. The molecule has 1 atom stereocenters. The van der Waals surface area contributed by atoms with Gasteiger partial charge in [-0.15, -0.1) is 0 Å². The number of aliphatic hydroxyl groups is 1. The Morgan fingerprint density at radius 1 is 1.22 bits per heavy atom. The first kappa shape index (κ1) is 15.5. The van der Waals surface area contributed by atoms with E-state index in [9.17, 15) is 9.90 Å². The highest BCUT2D eigenvalue weighted by molar-refractivity contribution is 6.31. The fourth-order valence-corrected chi connectivity index (χ4v) is 2.42. The molecule has 3 rings (SSSR count). The monoisotopic (exact) mass is 330 g/mol. The number of ether oxygens (including phenoxy) is 1. The predicted molar refractivity (Wildman–Crippen MR) is 89.0 cm³/mol. The van der Waals surface area contributed by atoms with E-state index in [2.05, 4.69) is 4.98 Å². The molecule has 1 heterocycles. The first-order valence-corrected chi connectivity index (χ1v) is 7.52. The van der Waals surface area contributed by atoms with Crippen LogP contribution in [-0.2, 0) is 6.54 Å². The van der Waals surface area contributed by atoms with E-state index in [0.717, 1.165) is 0 Å². The van der Waals surface area contributed by atoms with Crippen molar-refractivity contribution in [3.63, 3.8) is 0 Å². The van der Waals surface area contributed by atoms with Crippen molar-refractivity contribution >= 4 is 22.5 Å². The Balaban J connectivity index is 1.73. The Labute approximate surface area is 137 Å². The first-order chi connectivity index (χ1) is 11.1. The lowest BCUT2D eigenvalue weighted by molar-refractivity contribution is 0.0915. The molecular weight excluding hydrogens is 316 g/mol. The number of aromatic nitrogens is 2. The summed E-state index contributed by atoms with van der Waals surface area (Å²) in [5, 5.41) is 11.0. The number of hydrogen-bond acceptors (Lipinski definition) is 4. The molecular formula is C17H15ClN2O3. The molecule has 0 amide bonds. The van der Waals surface area contributed by atoms with Gasteiger partial charge in [-0.05, 0) is 30.3 Å². The molecule has 0 aliphatic heterocycles. The summed E-state index contributed by atoms with van der Waals surface area (Å²) >= 11 is 5.92. The minimum absolute atomic E-state index is 0.0873. The van der Waals surface area contributed by atoms with Gasteiger partial charge in [-0.2, -0.15) is 0 Å². The molecule has 118 valence electrons. The number of hydrogen-bond donors (Lipinski definition) is 1. The van der Waals surface area contributed by atoms with Crippen LogP contribution in [0.3, 0.4) is 0 Å². The molecule has 6 heteroatoms. The fraction of sp³-hybridized carbons (Fsp3) is 0.176. The lowest BCUT2D eigenvalue weighted by Crippen LogP contribution is -2.30. The SMILES string of the molecule is O=c1c2cc(Cl)ccc2ncn1CC(O)COc1ccccc1. The smallest absolute Gasteiger partial charge is 0.261 e. The fourth-order valence-electron chi connectivity index (χ4n) is 2.25. The largest absolute Gasteiger partial charge is 0.491 e. The first-order valence-electron chi connectivity index (χ1n) is 7.14. The van der Waals surface area contributed by atoms with E-state index in [-0.39, 0.29) is 18.7 Å². The summed E-state index contributed by atoms with van der Waals surface area (Å²) in [6.07, 6.45) is 0.593. The maximum atomic E-state index is 12.4. The van der Waals surface area contributed by atoms with Crippen molar-refractivity contribution in [2.75, 3.05) is 6.61 Å². The average molecular weight is 331 g/mol. The third-order valence-corrected chi connectivity index (χ3v) is 3.61. The van der Waals surface area contributed by atoms with E-state index in [1.54, 1.807) is 30.3 Å². The van der Waals surface area contributed by atoms with Gasteiger partial charge in [-0.1, -0.05) is 29.8 Å². The van der Waals surface area contributed by atoms with Crippen LogP contribution in [0.25, 0.3) is 10.9 Å². The molecule has 1 aromatic heterocycles. The topological polar surface area (TPSA) is 64.4 Å². The van der Waals surface area contributed by atoms with E-state index < -0.39 is 6.10 Å². The van der Waals surface area contributed by atoms with Crippen molar-refractivity contribution in [2.24, 2.45) is 0 Å². The molecule has 0 aliphatic rings. The molecule has 0 spiro atoms. The molecule has 0 fully saturated rings. The van der Waals surface area contributed by atoms with Gasteiger partial charge in [0.2, 0.25) is 0 Å². The van der Waals surface area contributed by atoms with Crippen molar-refractivity contribution in [1.82, 2.24) is 9.55 Å². The van der Waals surface area contributed by atoms with E-state index in [0.29, 0.717) is 21.7 Å². The summed E-state index contributed by atoms with van der Waals surface area (Å²) in [6, 6.07) is 14.1. The molecule has 2 aromatic carbocycles.